The number of hydrogen-bond donors (Lipinski definition) is 1. The molecule has 1 aromatic rings. The molecular formula is C12H13F4NO3S. The first-order chi connectivity index (χ1) is 9.45. The van der Waals surface area contributed by atoms with Crippen LogP contribution in [0.3, 0.4) is 0 Å². The molecule has 4 nitrogen and oxygen atoms in total. The van der Waals surface area contributed by atoms with Gasteiger partial charge in [-0.3, -0.25) is 4.79 Å². The second-order valence-electron chi connectivity index (χ2n) is 4.53. The first-order valence-corrected chi connectivity index (χ1v) is 7.38. The highest BCUT2D eigenvalue weighted by Crippen LogP contribution is 2.20. The molecule has 9 heteroatoms. The number of carbonyl (C=O) groups excluding carboxylic acids is 1. The molecule has 1 aromatic carbocycles. The molecule has 1 rings (SSSR count). The molecular weight excluding hydrogens is 314 g/mol. The van der Waals surface area contributed by atoms with Gasteiger partial charge in [0.05, 0.1) is 15.7 Å². The molecule has 0 bridgehead atoms. The Hall–Kier alpha value is -1.64. The van der Waals surface area contributed by atoms with E-state index >= 15 is 0 Å². The van der Waals surface area contributed by atoms with Crippen LogP contribution in [0.15, 0.2) is 23.1 Å². The molecule has 21 heavy (non-hydrogen) atoms. The molecule has 0 aliphatic carbocycles. The maximum Gasteiger partial charge on any atom is 0.405 e. The second-order valence-corrected chi connectivity index (χ2v) is 7.04. The third-order valence-corrected chi connectivity index (χ3v) is 4.73. The fourth-order valence-electron chi connectivity index (χ4n) is 1.40. The Morgan fingerprint density at radius 3 is 2.33 bits per heavy atom. The SMILES string of the molecule is CC(C)S(=O)(=O)c1ccc(F)c(C(=O)NCC(F)(F)F)c1. The van der Waals surface area contributed by atoms with Crippen LogP contribution < -0.4 is 5.32 Å². The zero-order chi connectivity index (χ0) is 16.4. The van der Waals surface area contributed by atoms with E-state index in [1.54, 1.807) is 0 Å². The van der Waals surface area contributed by atoms with E-state index in [4.69, 9.17) is 0 Å². The second kappa shape index (κ2) is 6.00. The van der Waals surface area contributed by atoms with Gasteiger partial charge in [-0.05, 0) is 32.0 Å². The Morgan fingerprint density at radius 2 is 1.86 bits per heavy atom. The van der Waals surface area contributed by atoms with Crippen LogP contribution in [0.4, 0.5) is 17.6 Å². The highest BCUT2D eigenvalue weighted by Gasteiger charge is 2.29. The van der Waals surface area contributed by atoms with E-state index in [1.807, 2.05) is 0 Å². The summed E-state index contributed by atoms with van der Waals surface area (Å²) in [4.78, 5) is 11.2. The summed E-state index contributed by atoms with van der Waals surface area (Å²) in [5, 5.41) is 0.678. The van der Waals surface area contributed by atoms with E-state index < -0.39 is 45.1 Å². The number of carbonyl (C=O) groups is 1. The normalized spacial score (nSPS) is 12.5. The van der Waals surface area contributed by atoms with Gasteiger partial charge < -0.3 is 5.32 Å². The van der Waals surface area contributed by atoms with E-state index in [0.29, 0.717) is 0 Å². The van der Waals surface area contributed by atoms with Crippen molar-refractivity contribution in [3.63, 3.8) is 0 Å². The fourth-order valence-corrected chi connectivity index (χ4v) is 2.49. The molecule has 0 aliphatic heterocycles. The third-order valence-electron chi connectivity index (χ3n) is 2.58. The van der Waals surface area contributed by atoms with Crippen LogP contribution in [0.5, 0.6) is 0 Å². The minimum absolute atomic E-state index is 0.323. The fraction of sp³-hybridized carbons (Fsp3) is 0.417. The lowest BCUT2D eigenvalue weighted by Gasteiger charge is -2.11. The van der Waals surface area contributed by atoms with Crippen LogP contribution in [0, 0.1) is 5.82 Å². The van der Waals surface area contributed by atoms with Gasteiger partial charge in [-0.25, -0.2) is 12.8 Å². The molecule has 0 radical (unpaired) electrons. The maximum atomic E-state index is 13.5. The molecule has 1 amide bonds. The Morgan fingerprint density at radius 1 is 1.29 bits per heavy atom. The largest absolute Gasteiger partial charge is 0.405 e. The average Bonchev–Trinajstić information content (AvgIpc) is 2.35. The summed E-state index contributed by atoms with van der Waals surface area (Å²) in [5.41, 5.74) is -0.749. The zero-order valence-corrected chi connectivity index (χ0v) is 12.0. The van der Waals surface area contributed by atoms with Crippen LogP contribution in [0.1, 0.15) is 24.2 Å². The van der Waals surface area contributed by atoms with E-state index in [-0.39, 0.29) is 4.90 Å². The maximum absolute atomic E-state index is 13.5. The number of benzene rings is 1. The first-order valence-electron chi connectivity index (χ1n) is 5.83. The Labute approximate surface area is 119 Å². The van der Waals surface area contributed by atoms with Crippen LogP contribution in [-0.2, 0) is 9.84 Å². The van der Waals surface area contributed by atoms with Crippen molar-refractivity contribution in [1.82, 2.24) is 5.32 Å². The average molecular weight is 327 g/mol. The summed E-state index contributed by atoms with van der Waals surface area (Å²) in [7, 11) is -3.76. The number of alkyl halides is 3. The summed E-state index contributed by atoms with van der Waals surface area (Å²) in [6.45, 7) is 1.15. The summed E-state index contributed by atoms with van der Waals surface area (Å²) < 4.78 is 73.3. The van der Waals surface area contributed by atoms with E-state index in [2.05, 4.69) is 0 Å². The zero-order valence-electron chi connectivity index (χ0n) is 11.2. The van der Waals surface area contributed by atoms with Crippen molar-refractivity contribution in [3.8, 4) is 0 Å². The van der Waals surface area contributed by atoms with Crippen LogP contribution in [-0.4, -0.2) is 32.3 Å². The third kappa shape index (κ3) is 4.42. The smallest absolute Gasteiger partial charge is 0.343 e. The van der Waals surface area contributed by atoms with Gasteiger partial charge in [-0.15, -0.1) is 0 Å². The predicted molar refractivity (Wildman–Crippen MR) is 67.1 cm³/mol. The van der Waals surface area contributed by atoms with Crippen LogP contribution in [0.25, 0.3) is 0 Å². The number of rotatable bonds is 4. The number of nitrogens with one attached hydrogen (secondary N) is 1. The lowest BCUT2D eigenvalue weighted by atomic mass is 10.2. The van der Waals surface area contributed by atoms with E-state index in [1.165, 1.54) is 19.2 Å². The first kappa shape index (κ1) is 17.4. The summed E-state index contributed by atoms with van der Waals surface area (Å²) in [6.07, 6.45) is -4.65. The Bertz CT molecular complexity index is 638. The topological polar surface area (TPSA) is 63.2 Å². The van der Waals surface area contributed by atoms with Crippen molar-refractivity contribution in [1.29, 1.82) is 0 Å². The van der Waals surface area contributed by atoms with Crippen molar-refractivity contribution in [2.24, 2.45) is 0 Å². The molecule has 0 aliphatic rings. The summed E-state index contributed by atoms with van der Waals surface area (Å²) >= 11 is 0. The molecule has 0 aromatic heterocycles. The molecule has 0 saturated heterocycles. The number of sulfone groups is 1. The molecule has 0 unspecified atom stereocenters. The predicted octanol–water partition coefficient (Wildman–Crippen LogP) is 2.30. The minimum Gasteiger partial charge on any atom is -0.343 e. The van der Waals surface area contributed by atoms with Gasteiger partial charge in [-0.2, -0.15) is 13.2 Å². The molecule has 0 fully saturated rings. The van der Waals surface area contributed by atoms with Crippen molar-refractivity contribution in [2.75, 3.05) is 6.54 Å². The highest BCUT2D eigenvalue weighted by molar-refractivity contribution is 7.92. The van der Waals surface area contributed by atoms with Crippen molar-refractivity contribution < 1.29 is 30.8 Å². The monoisotopic (exact) mass is 327 g/mol. The molecule has 0 spiro atoms. The Kier molecular flexibility index (Phi) is 4.98. The quantitative estimate of drug-likeness (QED) is 0.682. The van der Waals surface area contributed by atoms with Gasteiger partial charge in [0, 0.05) is 0 Å². The summed E-state index contributed by atoms with van der Waals surface area (Å²) in [5.74, 6) is -2.43. The van der Waals surface area contributed by atoms with Gasteiger partial charge in [0.15, 0.2) is 9.84 Å². The highest BCUT2D eigenvalue weighted by atomic mass is 32.2. The van der Waals surface area contributed by atoms with Crippen molar-refractivity contribution in [3.05, 3.63) is 29.6 Å². The van der Waals surface area contributed by atoms with Gasteiger partial charge in [0.25, 0.3) is 5.91 Å². The number of amides is 1. The summed E-state index contributed by atoms with van der Waals surface area (Å²) in [6, 6.07) is 2.43. The van der Waals surface area contributed by atoms with Crippen LogP contribution >= 0.6 is 0 Å². The standard InChI is InChI=1S/C12H13F4NO3S/c1-7(2)21(19,20)8-3-4-10(13)9(5-8)11(18)17-6-12(14,15)16/h3-5,7H,6H2,1-2H3,(H,17,18). The van der Waals surface area contributed by atoms with Crippen LogP contribution in [0.2, 0.25) is 0 Å². The van der Waals surface area contributed by atoms with Gasteiger partial charge in [0.1, 0.15) is 12.4 Å². The number of hydrogen-bond acceptors (Lipinski definition) is 3. The molecule has 0 atom stereocenters. The molecule has 118 valence electrons. The number of halogens is 4. The minimum atomic E-state index is -4.65. The molecule has 0 saturated carbocycles. The lowest BCUT2D eigenvalue weighted by Crippen LogP contribution is -2.34. The van der Waals surface area contributed by atoms with Gasteiger partial charge in [0.2, 0.25) is 0 Å². The van der Waals surface area contributed by atoms with Gasteiger partial charge >= 0.3 is 6.18 Å². The molecule has 0 heterocycles. The molecule has 1 N–H and O–H groups in total. The lowest BCUT2D eigenvalue weighted by molar-refractivity contribution is -0.123. The van der Waals surface area contributed by atoms with E-state index in [9.17, 15) is 30.8 Å². The van der Waals surface area contributed by atoms with Crippen molar-refractivity contribution >= 4 is 15.7 Å². The Balaban J connectivity index is 3.12. The van der Waals surface area contributed by atoms with E-state index in [0.717, 1.165) is 18.2 Å². The van der Waals surface area contributed by atoms with Gasteiger partial charge in [-0.1, -0.05) is 0 Å². The van der Waals surface area contributed by atoms with Crippen molar-refractivity contribution in [2.45, 2.75) is 30.2 Å².